The Hall–Kier alpha value is -1.63. The first-order chi connectivity index (χ1) is 13.2. The van der Waals surface area contributed by atoms with Crippen molar-refractivity contribution in [3.63, 3.8) is 0 Å². The molecule has 1 saturated carbocycles. The molecule has 0 bridgehead atoms. The lowest BCUT2D eigenvalue weighted by molar-refractivity contribution is -0.150. The molecule has 0 amide bonds. The van der Waals surface area contributed by atoms with Gasteiger partial charge in [-0.1, -0.05) is 36.4 Å². The van der Waals surface area contributed by atoms with E-state index in [0.717, 1.165) is 36.7 Å². The molecule has 2 N–H and O–H groups in total. The van der Waals surface area contributed by atoms with E-state index in [1.807, 2.05) is 64.1 Å². The maximum atomic E-state index is 12.0. The standard InChI is InChI=1S/C22H32BNO4/c1-21(2)22(3,4)28-23(27-21)17-14-12-16(13-15-17)8-7-11-19(24)20(25)26-18-9-5-6-10-18/h7-8,12-15,18-19H,5-6,9-11,24H2,1-4H3/b8-7+/t19-/m0/s1. The highest BCUT2D eigenvalue weighted by Crippen LogP contribution is 2.36. The molecule has 1 aliphatic heterocycles. The zero-order valence-corrected chi connectivity index (χ0v) is 17.4. The summed E-state index contributed by atoms with van der Waals surface area (Å²) in [6.45, 7) is 8.19. The second kappa shape index (κ2) is 8.40. The van der Waals surface area contributed by atoms with Crippen LogP contribution in [0.25, 0.3) is 6.08 Å². The molecule has 1 atom stereocenters. The number of rotatable bonds is 6. The average Bonchev–Trinajstić information content (AvgIpc) is 3.21. The van der Waals surface area contributed by atoms with Crippen LogP contribution in [0.15, 0.2) is 30.3 Å². The zero-order chi connectivity index (χ0) is 20.4. The van der Waals surface area contributed by atoms with Crippen LogP contribution in [0.2, 0.25) is 0 Å². The summed E-state index contributed by atoms with van der Waals surface area (Å²) in [6.07, 6.45) is 8.60. The van der Waals surface area contributed by atoms with Crippen LogP contribution in [0.5, 0.6) is 0 Å². The molecule has 0 radical (unpaired) electrons. The smallest absolute Gasteiger partial charge is 0.461 e. The Morgan fingerprint density at radius 3 is 2.32 bits per heavy atom. The van der Waals surface area contributed by atoms with Crippen molar-refractivity contribution in [2.45, 2.75) is 83.1 Å². The molecule has 2 fully saturated rings. The van der Waals surface area contributed by atoms with Crippen LogP contribution >= 0.6 is 0 Å². The number of hydrogen-bond donors (Lipinski definition) is 1. The minimum Gasteiger partial charge on any atom is -0.461 e. The Kier molecular flexibility index (Phi) is 6.32. The van der Waals surface area contributed by atoms with Crippen LogP contribution in [0.1, 0.15) is 65.4 Å². The van der Waals surface area contributed by atoms with Crippen LogP contribution in [0.4, 0.5) is 0 Å². The fraction of sp³-hybridized carbons (Fsp3) is 0.591. The van der Waals surface area contributed by atoms with Gasteiger partial charge < -0.3 is 19.8 Å². The third-order valence-electron chi connectivity index (χ3n) is 6.05. The van der Waals surface area contributed by atoms with Gasteiger partial charge in [0, 0.05) is 0 Å². The van der Waals surface area contributed by atoms with Gasteiger partial charge in [-0.2, -0.15) is 0 Å². The number of benzene rings is 1. The number of carbonyl (C=O) groups is 1. The van der Waals surface area contributed by atoms with Crippen LogP contribution in [-0.4, -0.2) is 36.4 Å². The Balaban J connectivity index is 1.51. The van der Waals surface area contributed by atoms with Gasteiger partial charge in [0.1, 0.15) is 12.1 Å². The second-order valence-corrected chi connectivity index (χ2v) is 8.84. The summed E-state index contributed by atoms with van der Waals surface area (Å²) in [5.74, 6) is -0.298. The van der Waals surface area contributed by atoms with Gasteiger partial charge in [-0.15, -0.1) is 0 Å². The zero-order valence-electron chi connectivity index (χ0n) is 17.4. The first-order valence-electron chi connectivity index (χ1n) is 10.3. The van der Waals surface area contributed by atoms with Crippen molar-refractivity contribution in [1.29, 1.82) is 0 Å². The molecule has 0 spiro atoms. The maximum Gasteiger partial charge on any atom is 0.494 e. The number of hydrogen-bond acceptors (Lipinski definition) is 5. The minimum absolute atomic E-state index is 0.0602. The minimum atomic E-state index is -0.610. The van der Waals surface area contributed by atoms with Crippen LogP contribution < -0.4 is 11.2 Å². The number of esters is 1. The van der Waals surface area contributed by atoms with Crippen LogP contribution in [0.3, 0.4) is 0 Å². The van der Waals surface area contributed by atoms with E-state index in [4.69, 9.17) is 19.8 Å². The van der Waals surface area contributed by atoms with E-state index < -0.39 is 6.04 Å². The SMILES string of the molecule is CC1(C)OB(c2ccc(/C=C/C[C@H](N)C(=O)OC3CCCC3)cc2)OC1(C)C. The van der Waals surface area contributed by atoms with Crippen LogP contribution in [-0.2, 0) is 18.8 Å². The summed E-state index contributed by atoms with van der Waals surface area (Å²) in [7, 11) is -0.359. The molecule has 1 saturated heterocycles. The van der Waals surface area contributed by atoms with Gasteiger partial charge in [-0.05, 0) is 70.8 Å². The fourth-order valence-corrected chi connectivity index (χ4v) is 3.45. The lowest BCUT2D eigenvalue weighted by Crippen LogP contribution is -2.41. The normalized spacial score (nSPS) is 22.7. The third-order valence-corrected chi connectivity index (χ3v) is 6.05. The summed E-state index contributed by atoms with van der Waals surface area (Å²) in [6, 6.07) is 7.44. The predicted octanol–water partition coefficient (Wildman–Crippen LogP) is 3.20. The van der Waals surface area contributed by atoms with Gasteiger partial charge in [-0.3, -0.25) is 4.79 Å². The molecule has 1 heterocycles. The Morgan fingerprint density at radius 1 is 1.18 bits per heavy atom. The molecule has 0 unspecified atom stereocenters. The quantitative estimate of drug-likeness (QED) is 0.602. The second-order valence-electron chi connectivity index (χ2n) is 8.84. The van der Waals surface area contributed by atoms with Crippen molar-refractivity contribution >= 4 is 24.6 Å². The summed E-state index contributed by atoms with van der Waals surface area (Å²) >= 11 is 0. The van der Waals surface area contributed by atoms with Crippen molar-refractivity contribution in [1.82, 2.24) is 0 Å². The Bertz CT molecular complexity index is 692. The molecular formula is C22H32BNO4. The van der Waals surface area contributed by atoms with E-state index in [2.05, 4.69) is 0 Å². The van der Waals surface area contributed by atoms with Gasteiger partial charge in [0.2, 0.25) is 0 Å². The van der Waals surface area contributed by atoms with Crippen molar-refractivity contribution in [3.8, 4) is 0 Å². The first kappa shape index (κ1) is 21.1. The molecule has 5 nitrogen and oxygen atoms in total. The van der Waals surface area contributed by atoms with Crippen LogP contribution in [0, 0.1) is 0 Å². The number of nitrogens with two attached hydrogens (primary N) is 1. The third kappa shape index (κ3) is 4.86. The highest BCUT2D eigenvalue weighted by molar-refractivity contribution is 6.62. The molecule has 6 heteroatoms. The van der Waals surface area contributed by atoms with Crippen molar-refractivity contribution < 1.29 is 18.8 Å². The molecule has 0 aromatic heterocycles. The first-order valence-corrected chi connectivity index (χ1v) is 10.3. The van der Waals surface area contributed by atoms with E-state index >= 15 is 0 Å². The Morgan fingerprint density at radius 2 is 1.75 bits per heavy atom. The fourth-order valence-electron chi connectivity index (χ4n) is 3.45. The molecule has 2 aliphatic rings. The summed E-state index contributed by atoms with van der Waals surface area (Å²) in [4.78, 5) is 12.0. The van der Waals surface area contributed by atoms with Crippen molar-refractivity contribution in [2.24, 2.45) is 5.73 Å². The lowest BCUT2D eigenvalue weighted by atomic mass is 9.79. The van der Waals surface area contributed by atoms with Gasteiger partial charge in [0.05, 0.1) is 11.2 Å². The van der Waals surface area contributed by atoms with E-state index in [1.54, 1.807) is 0 Å². The van der Waals surface area contributed by atoms with Gasteiger partial charge >= 0.3 is 13.1 Å². The molecule has 28 heavy (non-hydrogen) atoms. The van der Waals surface area contributed by atoms with Crippen molar-refractivity contribution in [2.75, 3.05) is 0 Å². The molecule has 1 aromatic rings. The van der Waals surface area contributed by atoms with E-state index in [-0.39, 0.29) is 30.4 Å². The molecule has 152 valence electrons. The Labute approximate surface area is 168 Å². The summed E-state index contributed by atoms with van der Waals surface area (Å²) in [5, 5.41) is 0. The largest absolute Gasteiger partial charge is 0.494 e. The number of ether oxygens (including phenoxy) is 1. The van der Waals surface area contributed by atoms with Gasteiger partial charge in [0.25, 0.3) is 0 Å². The monoisotopic (exact) mass is 385 g/mol. The summed E-state index contributed by atoms with van der Waals surface area (Å²) in [5.41, 5.74) is 7.29. The number of carbonyl (C=O) groups excluding carboxylic acids is 1. The van der Waals surface area contributed by atoms with E-state index in [0.29, 0.717) is 6.42 Å². The van der Waals surface area contributed by atoms with E-state index in [9.17, 15) is 4.79 Å². The molecule has 3 rings (SSSR count). The van der Waals surface area contributed by atoms with Gasteiger partial charge in [-0.25, -0.2) is 0 Å². The predicted molar refractivity (Wildman–Crippen MR) is 112 cm³/mol. The topological polar surface area (TPSA) is 70.8 Å². The highest BCUT2D eigenvalue weighted by Gasteiger charge is 2.51. The highest BCUT2D eigenvalue weighted by atomic mass is 16.7. The molecular weight excluding hydrogens is 353 g/mol. The summed E-state index contributed by atoms with van der Waals surface area (Å²) < 4.78 is 17.6. The maximum absolute atomic E-state index is 12.0. The lowest BCUT2D eigenvalue weighted by Gasteiger charge is -2.32. The average molecular weight is 385 g/mol. The van der Waals surface area contributed by atoms with Gasteiger partial charge in [0.15, 0.2) is 0 Å². The molecule has 1 aromatic carbocycles. The van der Waals surface area contributed by atoms with E-state index in [1.165, 1.54) is 0 Å². The van der Waals surface area contributed by atoms with Crippen molar-refractivity contribution in [3.05, 3.63) is 35.9 Å². The molecule has 1 aliphatic carbocycles.